The molecule has 9 heavy (non-hydrogen) atoms. The van der Waals surface area contributed by atoms with Gasteiger partial charge in [-0.3, -0.25) is 0 Å². The van der Waals surface area contributed by atoms with E-state index in [0.717, 1.165) is 3.57 Å². The monoisotopic (exact) mass is 235 g/mol. The summed E-state index contributed by atoms with van der Waals surface area (Å²) in [5.74, 6) is 0.575. The summed E-state index contributed by atoms with van der Waals surface area (Å²) in [4.78, 5) is 7.49. The zero-order valence-electron chi connectivity index (χ0n) is 4.76. The SMILES string of the molecule is COc1ncn[c]c1I. The predicted molar refractivity (Wildman–Crippen MR) is 40.1 cm³/mol. The van der Waals surface area contributed by atoms with Gasteiger partial charge in [0.25, 0.3) is 0 Å². The van der Waals surface area contributed by atoms with Crippen LogP contribution in [0.25, 0.3) is 0 Å². The van der Waals surface area contributed by atoms with E-state index >= 15 is 0 Å². The van der Waals surface area contributed by atoms with Crippen molar-refractivity contribution in [3.63, 3.8) is 0 Å². The maximum atomic E-state index is 4.86. The molecule has 0 saturated heterocycles. The van der Waals surface area contributed by atoms with Crippen molar-refractivity contribution >= 4 is 22.6 Å². The second-order valence-electron chi connectivity index (χ2n) is 1.31. The molecule has 1 aromatic heterocycles. The van der Waals surface area contributed by atoms with E-state index in [2.05, 4.69) is 38.8 Å². The van der Waals surface area contributed by atoms with Gasteiger partial charge in [0.15, 0.2) is 0 Å². The number of halogens is 1. The molecule has 1 aromatic rings. The van der Waals surface area contributed by atoms with Crippen molar-refractivity contribution in [1.29, 1.82) is 0 Å². The maximum Gasteiger partial charge on any atom is 0.230 e. The first-order chi connectivity index (χ1) is 4.34. The van der Waals surface area contributed by atoms with Crippen molar-refractivity contribution in [1.82, 2.24) is 9.97 Å². The van der Waals surface area contributed by atoms with Gasteiger partial charge in [0.2, 0.25) is 5.88 Å². The van der Waals surface area contributed by atoms with Crippen LogP contribution in [-0.2, 0) is 0 Å². The van der Waals surface area contributed by atoms with Crippen molar-refractivity contribution < 1.29 is 4.74 Å². The van der Waals surface area contributed by atoms with Crippen molar-refractivity contribution in [3.8, 4) is 5.88 Å². The molecular weight excluding hydrogens is 231 g/mol. The average Bonchev–Trinajstić information content (AvgIpc) is 1.89. The Balaban J connectivity index is 3.01. The van der Waals surface area contributed by atoms with Gasteiger partial charge in [-0.05, 0) is 22.6 Å². The molecule has 0 N–H and O–H groups in total. The van der Waals surface area contributed by atoms with Crippen LogP contribution < -0.4 is 4.74 Å². The van der Waals surface area contributed by atoms with Crippen LogP contribution in [0.1, 0.15) is 0 Å². The lowest BCUT2D eigenvalue weighted by molar-refractivity contribution is 0.393. The fourth-order valence-corrected chi connectivity index (χ4v) is 0.912. The van der Waals surface area contributed by atoms with Gasteiger partial charge in [0.1, 0.15) is 16.1 Å². The third kappa shape index (κ3) is 1.51. The Kier molecular flexibility index (Phi) is 2.21. The molecule has 1 heterocycles. The Bertz CT molecular complexity index is 204. The van der Waals surface area contributed by atoms with E-state index in [9.17, 15) is 0 Å². The second-order valence-corrected chi connectivity index (χ2v) is 2.39. The molecule has 0 aliphatic rings. The quantitative estimate of drug-likeness (QED) is 0.678. The van der Waals surface area contributed by atoms with Gasteiger partial charge >= 0.3 is 0 Å². The molecule has 0 bridgehead atoms. The number of nitrogens with zero attached hydrogens (tertiary/aromatic N) is 2. The van der Waals surface area contributed by atoms with Gasteiger partial charge < -0.3 is 4.74 Å². The maximum absolute atomic E-state index is 4.86. The fourth-order valence-electron chi connectivity index (χ4n) is 0.414. The van der Waals surface area contributed by atoms with E-state index in [0.29, 0.717) is 5.88 Å². The van der Waals surface area contributed by atoms with E-state index in [1.54, 1.807) is 7.11 Å². The molecule has 3 nitrogen and oxygen atoms in total. The zero-order valence-corrected chi connectivity index (χ0v) is 6.92. The Labute approximate surface area is 66.6 Å². The van der Waals surface area contributed by atoms with Gasteiger partial charge in [-0.2, -0.15) is 0 Å². The van der Waals surface area contributed by atoms with Crippen LogP contribution in [0.2, 0.25) is 0 Å². The number of hydrogen-bond acceptors (Lipinski definition) is 3. The minimum Gasteiger partial charge on any atom is -0.480 e. The number of aromatic nitrogens is 2. The van der Waals surface area contributed by atoms with Crippen molar-refractivity contribution in [2.75, 3.05) is 7.11 Å². The van der Waals surface area contributed by atoms with Crippen LogP contribution in [0.5, 0.6) is 5.88 Å². The standard InChI is InChI=1S/C5H4IN2O/c1-9-5-4(6)2-7-3-8-5/h3H,1H3. The third-order valence-corrected chi connectivity index (χ3v) is 1.48. The van der Waals surface area contributed by atoms with Crippen LogP contribution >= 0.6 is 22.6 Å². The fraction of sp³-hybridized carbons (Fsp3) is 0.200. The molecule has 1 radical (unpaired) electrons. The zero-order chi connectivity index (χ0) is 6.69. The molecule has 0 unspecified atom stereocenters. The van der Waals surface area contributed by atoms with Crippen molar-refractivity contribution in [2.24, 2.45) is 0 Å². The Hall–Kier alpha value is -0.390. The first-order valence-corrected chi connectivity index (χ1v) is 3.34. The first-order valence-electron chi connectivity index (χ1n) is 2.26. The van der Waals surface area contributed by atoms with Crippen molar-refractivity contribution in [3.05, 3.63) is 16.1 Å². The highest BCUT2D eigenvalue weighted by Gasteiger charge is 1.96. The number of hydrogen-bond donors (Lipinski definition) is 0. The lowest BCUT2D eigenvalue weighted by atomic mass is 10.6. The molecule has 4 heteroatoms. The molecule has 0 spiro atoms. The molecule has 0 aromatic carbocycles. The molecule has 47 valence electrons. The average molecular weight is 235 g/mol. The lowest BCUT2D eigenvalue weighted by Gasteiger charge is -1.96. The molecule has 1 rings (SSSR count). The number of methoxy groups -OCH3 is 1. The molecule has 0 atom stereocenters. The summed E-state index contributed by atoms with van der Waals surface area (Å²) in [6, 6.07) is 0. The molecule has 0 aliphatic heterocycles. The Morgan fingerprint density at radius 1 is 1.78 bits per heavy atom. The van der Waals surface area contributed by atoms with Gasteiger partial charge in [-0.1, -0.05) is 0 Å². The van der Waals surface area contributed by atoms with Gasteiger partial charge in [-0.15, -0.1) is 0 Å². The van der Waals surface area contributed by atoms with E-state index in [-0.39, 0.29) is 0 Å². The minimum atomic E-state index is 0.575. The highest BCUT2D eigenvalue weighted by atomic mass is 127. The Morgan fingerprint density at radius 2 is 2.56 bits per heavy atom. The summed E-state index contributed by atoms with van der Waals surface area (Å²) < 4.78 is 5.66. The minimum absolute atomic E-state index is 0.575. The first kappa shape index (κ1) is 6.73. The summed E-state index contributed by atoms with van der Waals surface area (Å²) in [5.41, 5.74) is 0. The van der Waals surface area contributed by atoms with Gasteiger partial charge in [0, 0.05) is 0 Å². The summed E-state index contributed by atoms with van der Waals surface area (Å²) in [7, 11) is 1.57. The number of ether oxygens (including phenoxy) is 1. The van der Waals surface area contributed by atoms with Gasteiger partial charge in [-0.25, -0.2) is 9.97 Å². The predicted octanol–water partition coefficient (Wildman–Crippen LogP) is 0.890. The van der Waals surface area contributed by atoms with Crippen LogP contribution in [-0.4, -0.2) is 17.1 Å². The summed E-state index contributed by atoms with van der Waals surface area (Å²) in [5, 5.41) is 0. The largest absolute Gasteiger partial charge is 0.480 e. The highest BCUT2D eigenvalue weighted by molar-refractivity contribution is 14.1. The van der Waals surface area contributed by atoms with Crippen LogP contribution in [0, 0.1) is 9.77 Å². The summed E-state index contributed by atoms with van der Waals surface area (Å²) in [6.07, 6.45) is 4.10. The summed E-state index contributed by atoms with van der Waals surface area (Å²) >= 11 is 2.05. The highest BCUT2D eigenvalue weighted by Crippen LogP contribution is 2.12. The molecule has 0 saturated carbocycles. The third-order valence-electron chi connectivity index (χ3n) is 0.777. The van der Waals surface area contributed by atoms with Crippen LogP contribution in [0.4, 0.5) is 0 Å². The Morgan fingerprint density at radius 3 is 3.00 bits per heavy atom. The van der Waals surface area contributed by atoms with Gasteiger partial charge in [0.05, 0.1) is 7.11 Å². The molecule has 0 amide bonds. The van der Waals surface area contributed by atoms with E-state index < -0.39 is 0 Å². The smallest absolute Gasteiger partial charge is 0.230 e. The van der Waals surface area contributed by atoms with Crippen LogP contribution in [0.3, 0.4) is 0 Å². The van der Waals surface area contributed by atoms with E-state index in [1.807, 2.05) is 0 Å². The molecule has 0 fully saturated rings. The number of rotatable bonds is 1. The van der Waals surface area contributed by atoms with E-state index in [4.69, 9.17) is 4.74 Å². The summed E-state index contributed by atoms with van der Waals surface area (Å²) in [6.45, 7) is 0. The molecule has 0 aliphatic carbocycles. The lowest BCUT2D eigenvalue weighted by Crippen LogP contribution is -1.90. The topological polar surface area (TPSA) is 35.0 Å². The van der Waals surface area contributed by atoms with Crippen LogP contribution in [0.15, 0.2) is 6.33 Å². The normalized spacial score (nSPS) is 9.11. The van der Waals surface area contributed by atoms with E-state index in [1.165, 1.54) is 6.33 Å². The molecular formula is C5H4IN2O. The second kappa shape index (κ2) is 2.95. The van der Waals surface area contributed by atoms with Crippen molar-refractivity contribution in [2.45, 2.75) is 0 Å².